The molecule has 4 aromatic rings. The first-order chi connectivity index (χ1) is 14.2. The van der Waals surface area contributed by atoms with Gasteiger partial charge in [-0.1, -0.05) is 88.7 Å². The van der Waals surface area contributed by atoms with E-state index in [0.29, 0.717) is 0 Å². The molecule has 0 aliphatic rings. The van der Waals surface area contributed by atoms with E-state index in [4.69, 9.17) is 0 Å². The number of nitriles is 2. The lowest BCUT2D eigenvalue weighted by Gasteiger charge is -2.22. The molecule has 0 spiro atoms. The summed E-state index contributed by atoms with van der Waals surface area (Å²) >= 11 is 3.63. The predicted molar refractivity (Wildman–Crippen MR) is 115 cm³/mol. The molecule has 1 aromatic heterocycles. The van der Waals surface area contributed by atoms with E-state index < -0.39 is 0 Å². The van der Waals surface area contributed by atoms with Gasteiger partial charge in [-0.3, -0.25) is 0 Å². The minimum atomic E-state index is -0.292. The fraction of sp³-hybridized carbons (Fsp3) is 0.0417. The third-order valence-electron chi connectivity index (χ3n) is 4.82. The van der Waals surface area contributed by atoms with Gasteiger partial charge in [0.1, 0.15) is 12.1 Å². The Labute approximate surface area is 177 Å². The van der Waals surface area contributed by atoms with Crippen molar-refractivity contribution in [1.29, 1.82) is 10.5 Å². The Morgan fingerprint density at radius 2 is 1.45 bits per heavy atom. The zero-order valence-corrected chi connectivity index (χ0v) is 16.9. The Kier molecular flexibility index (Phi) is 5.24. The smallest absolute Gasteiger partial charge is 0.176 e. The van der Waals surface area contributed by atoms with Crippen molar-refractivity contribution >= 4 is 15.9 Å². The van der Waals surface area contributed by atoms with Crippen molar-refractivity contribution < 1.29 is 0 Å². The maximum absolute atomic E-state index is 9.65. The fourth-order valence-electron chi connectivity index (χ4n) is 3.42. The highest BCUT2D eigenvalue weighted by Crippen LogP contribution is 2.34. The number of halogens is 1. The molecule has 4 nitrogen and oxygen atoms in total. The minimum absolute atomic E-state index is 0.130. The van der Waals surface area contributed by atoms with Gasteiger partial charge in [-0.15, -0.1) is 0 Å². The zero-order valence-electron chi connectivity index (χ0n) is 15.3. The third kappa shape index (κ3) is 3.57. The molecule has 1 atom stereocenters. The average Bonchev–Trinajstić information content (AvgIpc) is 3.19. The molecule has 29 heavy (non-hydrogen) atoms. The summed E-state index contributed by atoms with van der Waals surface area (Å²) in [7, 11) is 0. The van der Waals surface area contributed by atoms with Crippen LogP contribution in [0.15, 0.2) is 89.7 Å². The van der Waals surface area contributed by atoms with E-state index in [9.17, 15) is 10.5 Å². The maximum Gasteiger partial charge on any atom is 0.176 e. The molecule has 4 rings (SSSR count). The van der Waals surface area contributed by atoms with Gasteiger partial charge in [0.15, 0.2) is 11.4 Å². The van der Waals surface area contributed by atoms with Gasteiger partial charge in [0.05, 0.1) is 12.4 Å². The molecule has 0 radical (unpaired) electrons. The first-order valence-electron chi connectivity index (χ1n) is 8.99. The Hall–Kier alpha value is -3.67. The van der Waals surface area contributed by atoms with Crippen molar-refractivity contribution in [3.8, 4) is 23.3 Å². The molecule has 1 unspecified atom stereocenters. The number of imidazole rings is 1. The molecule has 0 bridgehead atoms. The summed E-state index contributed by atoms with van der Waals surface area (Å²) in [6, 6.07) is 30.2. The largest absolute Gasteiger partial charge is 0.309 e. The van der Waals surface area contributed by atoms with Gasteiger partial charge in [0.2, 0.25) is 0 Å². The molecular formula is C24H15BrN4. The Balaban J connectivity index is 1.86. The van der Waals surface area contributed by atoms with Gasteiger partial charge in [-0.2, -0.15) is 10.5 Å². The van der Waals surface area contributed by atoms with Crippen LogP contribution in [0.3, 0.4) is 0 Å². The summed E-state index contributed by atoms with van der Waals surface area (Å²) in [5.41, 5.74) is 4.62. The van der Waals surface area contributed by atoms with Crippen LogP contribution < -0.4 is 0 Å². The normalized spacial score (nSPS) is 11.4. The van der Waals surface area contributed by atoms with Gasteiger partial charge in [0.25, 0.3) is 0 Å². The first-order valence-corrected chi connectivity index (χ1v) is 9.79. The van der Waals surface area contributed by atoms with E-state index in [-0.39, 0.29) is 17.4 Å². The standard InChI is InChI=1S/C24H15BrN4/c25-21-9-5-4-8-20(21)24(29-16-28-22(14-26)23(29)15-27)19-12-10-18(11-13-19)17-6-2-1-3-7-17/h1-13,16,24H. The van der Waals surface area contributed by atoms with E-state index >= 15 is 0 Å². The molecule has 3 aromatic carbocycles. The van der Waals surface area contributed by atoms with E-state index in [1.807, 2.05) is 48.5 Å². The van der Waals surface area contributed by atoms with Crippen LogP contribution in [0.25, 0.3) is 11.1 Å². The summed E-state index contributed by atoms with van der Waals surface area (Å²) < 4.78 is 2.68. The summed E-state index contributed by atoms with van der Waals surface area (Å²) in [6.07, 6.45) is 1.56. The van der Waals surface area contributed by atoms with Crippen molar-refractivity contribution in [2.24, 2.45) is 0 Å². The molecule has 0 saturated heterocycles. The van der Waals surface area contributed by atoms with Crippen LogP contribution in [-0.2, 0) is 0 Å². The predicted octanol–water partition coefficient (Wildman–Crippen LogP) is 5.69. The second-order valence-corrected chi connectivity index (χ2v) is 7.34. The van der Waals surface area contributed by atoms with Crippen molar-refractivity contribution in [1.82, 2.24) is 9.55 Å². The second kappa shape index (κ2) is 8.14. The lowest BCUT2D eigenvalue weighted by molar-refractivity contribution is 0.666. The number of aromatic nitrogens is 2. The molecule has 5 heteroatoms. The number of rotatable bonds is 4. The lowest BCUT2D eigenvalue weighted by atomic mass is 9.95. The van der Waals surface area contributed by atoms with Gasteiger partial charge in [-0.05, 0) is 28.3 Å². The highest BCUT2D eigenvalue weighted by atomic mass is 79.9. The maximum atomic E-state index is 9.65. The minimum Gasteiger partial charge on any atom is -0.309 e. The van der Waals surface area contributed by atoms with Crippen molar-refractivity contribution in [3.05, 3.63) is 112 Å². The van der Waals surface area contributed by atoms with Gasteiger partial charge in [0, 0.05) is 4.47 Å². The van der Waals surface area contributed by atoms with Crippen molar-refractivity contribution in [2.75, 3.05) is 0 Å². The first kappa shape index (κ1) is 18.7. The lowest BCUT2D eigenvalue weighted by Crippen LogP contribution is -2.14. The fourth-order valence-corrected chi connectivity index (χ4v) is 3.93. The van der Waals surface area contributed by atoms with Gasteiger partial charge < -0.3 is 4.57 Å². The number of hydrogen-bond acceptors (Lipinski definition) is 3. The number of nitrogens with zero attached hydrogens (tertiary/aromatic N) is 4. The molecule has 0 amide bonds. The number of benzene rings is 3. The Morgan fingerprint density at radius 3 is 2.10 bits per heavy atom. The summed E-state index contributed by atoms with van der Waals surface area (Å²) in [5, 5.41) is 19.0. The molecule has 0 aliphatic carbocycles. The average molecular weight is 439 g/mol. The van der Waals surface area contributed by atoms with Crippen LogP contribution >= 0.6 is 15.9 Å². The summed E-state index contributed by atoms with van der Waals surface area (Å²) in [6.45, 7) is 0. The van der Waals surface area contributed by atoms with Crippen molar-refractivity contribution in [2.45, 2.75) is 6.04 Å². The summed E-state index contributed by atoms with van der Waals surface area (Å²) in [5.74, 6) is 0. The van der Waals surface area contributed by atoms with E-state index in [1.54, 1.807) is 10.9 Å². The summed E-state index contributed by atoms with van der Waals surface area (Å²) in [4.78, 5) is 4.14. The second-order valence-electron chi connectivity index (χ2n) is 6.48. The molecule has 0 N–H and O–H groups in total. The monoisotopic (exact) mass is 438 g/mol. The van der Waals surface area contributed by atoms with Crippen LogP contribution in [-0.4, -0.2) is 9.55 Å². The quantitative estimate of drug-likeness (QED) is 0.410. The highest BCUT2D eigenvalue weighted by molar-refractivity contribution is 9.10. The highest BCUT2D eigenvalue weighted by Gasteiger charge is 2.23. The number of hydrogen-bond donors (Lipinski definition) is 0. The van der Waals surface area contributed by atoms with Crippen molar-refractivity contribution in [3.63, 3.8) is 0 Å². The molecule has 1 heterocycles. The van der Waals surface area contributed by atoms with Crippen LogP contribution in [0.1, 0.15) is 28.6 Å². The molecule has 0 fully saturated rings. The van der Waals surface area contributed by atoms with E-state index in [0.717, 1.165) is 26.7 Å². The van der Waals surface area contributed by atoms with Gasteiger partial charge in [-0.25, -0.2) is 4.98 Å². The molecular weight excluding hydrogens is 424 g/mol. The molecule has 0 aliphatic heterocycles. The van der Waals surface area contributed by atoms with E-state index in [1.165, 1.54) is 0 Å². The topological polar surface area (TPSA) is 65.4 Å². The Bertz CT molecular complexity index is 1230. The van der Waals surface area contributed by atoms with Crippen LogP contribution in [0.5, 0.6) is 0 Å². The van der Waals surface area contributed by atoms with E-state index in [2.05, 4.69) is 63.4 Å². The van der Waals surface area contributed by atoms with Crippen LogP contribution in [0, 0.1) is 22.7 Å². The SMILES string of the molecule is N#Cc1ncn(C(c2ccc(-c3ccccc3)cc2)c2ccccc2Br)c1C#N. The van der Waals surface area contributed by atoms with Crippen LogP contribution in [0.4, 0.5) is 0 Å². The zero-order chi connectivity index (χ0) is 20.2. The molecule has 138 valence electrons. The van der Waals surface area contributed by atoms with Crippen LogP contribution in [0.2, 0.25) is 0 Å². The molecule has 0 saturated carbocycles. The van der Waals surface area contributed by atoms with Gasteiger partial charge >= 0.3 is 0 Å². The Morgan fingerprint density at radius 1 is 0.793 bits per heavy atom. The third-order valence-corrected chi connectivity index (χ3v) is 5.54.